The van der Waals surface area contributed by atoms with Crippen LogP contribution in [0, 0.1) is 0 Å². The highest BCUT2D eigenvalue weighted by molar-refractivity contribution is 5.71. The number of hydrogen-bond donors (Lipinski definition) is 0. The largest absolute Gasteiger partial charge is 0.462 e. The number of unbranched alkanes of at least 4 members (excludes halogenated alkanes) is 34. The number of allylic oxidation sites excluding steroid dienone is 12. The molecule has 0 aromatic carbocycles. The lowest BCUT2D eigenvalue weighted by molar-refractivity contribution is -0.167. The number of carbonyl (C=O) groups excluding carboxylic acids is 3. The SMILES string of the molecule is CC/C=C\C/C=C\C/C=C\CCCCCCCC(=O)OCC(COC(=O)CCCCCCCCCC/C=C\C/C=C\C/C=C\CCCCCCC)OC(=O)CCCCCCCCCCCCCCCCCCC. The lowest BCUT2D eigenvalue weighted by atomic mass is 10.0. The lowest BCUT2D eigenvalue weighted by Gasteiger charge is -2.18. The summed E-state index contributed by atoms with van der Waals surface area (Å²) in [5.74, 6) is -0.891. The Morgan fingerprint density at radius 3 is 0.836 bits per heavy atom. The van der Waals surface area contributed by atoms with E-state index < -0.39 is 6.10 Å². The van der Waals surface area contributed by atoms with Crippen molar-refractivity contribution in [2.75, 3.05) is 13.2 Å². The monoisotopic (exact) mass is 1020 g/mol. The van der Waals surface area contributed by atoms with E-state index in [0.717, 1.165) is 116 Å². The third-order valence-corrected chi connectivity index (χ3v) is 13.7. The van der Waals surface area contributed by atoms with Crippen LogP contribution >= 0.6 is 0 Å². The molecule has 6 nitrogen and oxygen atoms in total. The highest BCUT2D eigenvalue weighted by atomic mass is 16.6. The van der Waals surface area contributed by atoms with Crippen molar-refractivity contribution in [1.29, 1.82) is 0 Å². The topological polar surface area (TPSA) is 78.9 Å². The van der Waals surface area contributed by atoms with E-state index >= 15 is 0 Å². The Morgan fingerprint density at radius 1 is 0.288 bits per heavy atom. The first-order valence-corrected chi connectivity index (χ1v) is 31.4. The van der Waals surface area contributed by atoms with E-state index in [2.05, 4.69) is 93.7 Å². The maximum absolute atomic E-state index is 12.9. The first kappa shape index (κ1) is 69.8. The third-order valence-electron chi connectivity index (χ3n) is 13.7. The summed E-state index contributed by atoms with van der Waals surface area (Å²) in [6, 6.07) is 0. The molecular weight excluding hydrogens is 901 g/mol. The van der Waals surface area contributed by atoms with Crippen molar-refractivity contribution < 1.29 is 28.6 Å². The molecule has 0 aliphatic heterocycles. The molecule has 0 aromatic heterocycles. The van der Waals surface area contributed by atoms with Gasteiger partial charge in [0.25, 0.3) is 0 Å². The molecule has 0 heterocycles. The molecule has 0 saturated heterocycles. The van der Waals surface area contributed by atoms with E-state index in [4.69, 9.17) is 14.2 Å². The van der Waals surface area contributed by atoms with Crippen LogP contribution in [0.2, 0.25) is 0 Å². The summed E-state index contributed by atoms with van der Waals surface area (Å²) in [7, 11) is 0. The van der Waals surface area contributed by atoms with E-state index in [-0.39, 0.29) is 31.1 Å². The molecule has 0 radical (unpaired) electrons. The molecule has 73 heavy (non-hydrogen) atoms. The minimum absolute atomic E-state index is 0.0826. The van der Waals surface area contributed by atoms with Crippen LogP contribution < -0.4 is 0 Å². The summed E-state index contributed by atoms with van der Waals surface area (Å²) in [5, 5.41) is 0. The molecule has 1 unspecified atom stereocenters. The van der Waals surface area contributed by atoms with Gasteiger partial charge in [0, 0.05) is 19.3 Å². The van der Waals surface area contributed by atoms with Crippen LogP contribution in [0.3, 0.4) is 0 Å². The fraction of sp³-hybridized carbons (Fsp3) is 0.776. The zero-order valence-corrected chi connectivity index (χ0v) is 48.4. The minimum atomic E-state index is -0.785. The zero-order valence-electron chi connectivity index (χ0n) is 48.4. The molecule has 0 aliphatic rings. The van der Waals surface area contributed by atoms with E-state index in [1.54, 1.807) is 0 Å². The summed E-state index contributed by atoms with van der Waals surface area (Å²) in [6.07, 6.45) is 79.0. The van der Waals surface area contributed by atoms with Crippen molar-refractivity contribution in [3.8, 4) is 0 Å². The fourth-order valence-corrected chi connectivity index (χ4v) is 9.00. The molecule has 0 bridgehead atoms. The van der Waals surface area contributed by atoms with Gasteiger partial charge in [0.15, 0.2) is 6.10 Å². The van der Waals surface area contributed by atoms with E-state index in [1.165, 1.54) is 161 Å². The number of ether oxygens (including phenoxy) is 3. The highest BCUT2D eigenvalue weighted by Gasteiger charge is 2.19. The molecule has 0 aromatic rings. The van der Waals surface area contributed by atoms with Crippen LogP contribution in [-0.4, -0.2) is 37.2 Å². The van der Waals surface area contributed by atoms with Crippen LogP contribution in [-0.2, 0) is 28.6 Å². The fourth-order valence-electron chi connectivity index (χ4n) is 9.00. The molecule has 6 heteroatoms. The van der Waals surface area contributed by atoms with Gasteiger partial charge < -0.3 is 14.2 Å². The Labute approximate surface area is 453 Å². The Bertz CT molecular complexity index is 1360. The number of hydrogen-bond acceptors (Lipinski definition) is 6. The Kier molecular flexibility index (Phi) is 58.7. The van der Waals surface area contributed by atoms with Gasteiger partial charge in [-0.25, -0.2) is 0 Å². The van der Waals surface area contributed by atoms with Gasteiger partial charge in [0.2, 0.25) is 0 Å². The van der Waals surface area contributed by atoms with Crippen molar-refractivity contribution >= 4 is 17.9 Å². The van der Waals surface area contributed by atoms with Crippen LogP contribution in [0.4, 0.5) is 0 Å². The second-order valence-electron chi connectivity index (χ2n) is 20.9. The summed E-state index contributed by atoms with van der Waals surface area (Å²) in [6.45, 7) is 6.53. The van der Waals surface area contributed by atoms with Gasteiger partial charge in [0.05, 0.1) is 0 Å². The second-order valence-corrected chi connectivity index (χ2v) is 20.9. The first-order chi connectivity index (χ1) is 36.0. The molecule has 1 atom stereocenters. The number of carbonyl (C=O) groups is 3. The molecule has 0 spiro atoms. The van der Waals surface area contributed by atoms with Crippen LogP contribution in [0.15, 0.2) is 72.9 Å². The predicted octanol–water partition coefficient (Wildman–Crippen LogP) is 21.3. The van der Waals surface area contributed by atoms with Crippen molar-refractivity contribution in [2.24, 2.45) is 0 Å². The van der Waals surface area contributed by atoms with E-state index in [1.807, 2.05) is 0 Å². The van der Waals surface area contributed by atoms with Gasteiger partial charge in [-0.3, -0.25) is 14.4 Å². The Balaban J connectivity index is 4.36. The summed E-state index contributed by atoms with van der Waals surface area (Å²) in [5.41, 5.74) is 0. The smallest absolute Gasteiger partial charge is 0.306 e. The first-order valence-electron chi connectivity index (χ1n) is 31.4. The van der Waals surface area contributed by atoms with Crippen LogP contribution in [0.25, 0.3) is 0 Å². The molecule has 0 N–H and O–H groups in total. The average Bonchev–Trinajstić information content (AvgIpc) is 3.39. The number of rotatable bonds is 57. The van der Waals surface area contributed by atoms with Gasteiger partial charge in [-0.2, -0.15) is 0 Å². The normalized spacial score (nSPS) is 12.5. The quantitative estimate of drug-likeness (QED) is 0.0261. The summed E-state index contributed by atoms with van der Waals surface area (Å²) in [4.78, 5) is 38.3. The molecule has 0 saturated carbocycles. The van der Waals surface area contributed by atoms with Gasteiger partial charge in [-0.15, -0.1) is 0 Å². The van der Waals surface area contributed by atoms with Crippen molar-refractivity contribution in [2.45, 2.75) is 322 Å². The lowest BCUT2D eigenvalue weighted by Crippen LogP contribution is -2.30. The summed E-state index contributed by atoms with van der Waals surface area (Å²) < 4.78 is 16.9. The van der Waals surface area contributed by atoms with Crippen LogP contribution in [0.1, 0.15) is 316 Å². The molecule has 422 valence electrons. The van der Waals surface area contributed by atoms with Crippen molar-refractivity contribution in [1.82, 2.24) is 0 Å². The van der Waals surface area contributed by atoms with Gasteiger partial charge >= 0.3 is 17.9 Å². The maximum atomic E-state index is 12.9. The maximum Gasteiger partial charge on any atom is 0.306 e. The summed E-state index contributed by atoms with van der Waals surface area (Å²) >= 11 is 0. The molecule has 0 amide bonds. The average molecular weight is 1020 g/mol. The van der Waals surface area contributed by atoms with Crippen molar-refractivity contribution in [3.05, 3.63) is 72.9 Å². The van der Waals surface area contributed by atoms with Gasteiger partial charge in [-0.1, -0.05) is 280 Å². The molecule has 0 aliphatic carbocycles. The van der Waals surface area contributed by atoms with Crippen molar-refractivity contribution in [3.63, 3.8) is 0 Å². The second kappa shape index (κ2) is 61.4. The molecular formula is C67H118O6. The molecule has 0 rings (SSSR count). The number of esters is 3. The zero-order chi connectivity index (χ0) is 52.9. The van der Waals surface area contributed by atoms with Gasteiger partial charge in [0.1, 0.15) is 13.2 Å². The van der Waals surface area contributed by atoms with E-state index in [0.29, 0.717) is 19.3 Å². The molecule has 0 fully saturated rings. The van der Waals surface area contributed by atoms with Crippen LogP contribution in [0.5, 0.6) is 0 Å². The van der Waals surface area contributed by atoms with E-state index in [9.17, 15) is 14.4 Å². The Hall–Kier alpha value is -3.15. The Morgan fingerprint density at radius 2 is 0.534 bits per heavy atom. The standard InChI is InChI=1S/C67H118O6/c1-4-7-10-13-16-19-22-25-28-30-31-32-33-34-35-37-39-42-45-48-51-54-57-60-66(69)72-63-64(62-71-65(68)59-56-53-50-47-44-41-38-27-24-21-18-15-12-9-6-3)73-67(70)61-58-55-52-49-46-43-40-36-29-26-23-20-17-14-11-8-5-2/h9,12,18,21-22,25,27,30-31,33-34,38,64H,4-8,10-11,13-17,19-20,23-24,26,28-29,32,35-37,39-63H2,1-3H3/b12-9-,21-18-,25-22-,31-30-,34-33-,38-27-. The van der Waals surface area contributed by atoms with Gasteiger partial charge in [-0.05, 0) is 89.9 Å². The third kappa shape index (κ3) is 59.6. The minimum Gasteiger partial charge on any atom is -0.462 e. The predicted molar refractivity (Wildman–Crippen MR) is 316 cm³/mol. The highest BCUT2D eigenvalue weighted by Crippen LogP contribution is 2.17.